The van der Waals surface area contributed by atoms with Gasteiger partial charge in [0.2, 0.25) is 0 Å². The van der Waals surface area contributed by atoms with Crippen molar-refractivity contribution in [3.8, 4) is 0 Å². The molecular formula is C3H2Br6N6. The van der Waals surface area contributed by atoms with Crippen molar-refractivity contribution in [3.05, 3.63) is 11.9 Å². The number of rotatable bonds is 2. The number of hydrazine groups is 2. The Morgan fingerprint density at radius 2 is 1.67 bits per heavy atom. The normalized spacial score (nSPS) is 15.8. The molecule has 1 aliphatic heterocycles. The molecule has 0 radical (unpaired) electrons. The highest BCUT2D eigenvalue weighted by atomic mass is 79.9. The van der Waals surface area contributed by atoms with Gasteiger partial charge in [-0.05, 0) is 0 Å². The average molecular weight is 602 g/mol. The molecule has 0 fully saturated rings. The minimum absolute atomic E-state index is 0.622. The van der Waals surface area contributed by atoms with Crippen LogP contribution in [0.1, 0.15) is 0 Å². The van der Waals surface area contributed by atoms with Gasteiger partial charge in [0.05, 0.1) is 96.9 Å². The lowest BCUT2D eigenvalue weighted by Gasteiger charge is -2.29. The van der Waals surface area contributed by atoms with Crippen molar-refractivity contribution in [1.82, 2.24) is 19.6 Å². The van der Waals surface area contributed by atoms with Crippen LogP contribution in [0.25, 0.3) is 0 Å². The Kier molecular flexibility index (Phi) is 6.19. The van der Waals surface area contributed by atoms with Crippen LogP contribution in [0.5, 0.6) is 0 Å². The molecule has 0 aliphatic carbocycles. The van der Waals surface area contributed by atoms with Crippen LogP contribution < -0.4 is 5.43 Å². The Morgan fingerprint density at radius 1 is 1.07 bits per heavy atom. The van der Waals surface area contributed by atoms with Gasteiger partial charge in [-0.1, -0.05) is 3.06 Å². The van der Waals surface area contributed by atoms with Crippen LogP contribution >= 0.6 is 96.9 Å². The molecule has 1 N–H and O–H groups in total. The molecule has 1 aliphatic rings. The van der Waals surface area contributed by atoms with E-state index in [0.29, 0.717) is 11.7 Å². The van der Waals surface area contributed by atoms with E-state index in [1.807, 2.05) is 0 Å². The van der Waals surface area contributed by atoms with E-state index in [1.165, 1.54) is 11.2 Å². The van der Waals surface area contributed by atoms with Gasteiger partial charge in [0.1, 0.15) is 5.82 Å². The number of amidine groups is 1. The van der Waals surface area contributed by atoms with E-state index < -0.39 is 0 Å². The molecule has 0 amide bonds. The van der Waals surface area contributed by atoms with Crippen LogP contribution in [0.3, 0.4) is 0 Å². The van der Waals surface area contributed by atoms with Gasteiger partial charge >= 0.3 is 0 Å². The van der Waals surface area contributed by atoms with Gasteiger partial charge in [-0.15, -0.1) is 10.3 Å². The second kappa shape index (κ2) is 6.40. The zero-order valence-corrected chi connectivity index (χ0v) is 16.1. The fourth-order valence-corrected chi connectivity index (χ4v) is 1.66. The Hall–Kier alpha value is 1.45. The summed E-state index contributed by atoms with van der Waals surface area (Å²) in [5.41, 5.74) is 2.94. The summed E-state index contributed by atoms with van der Waals surface area (Å²) in [4.78, 5) is 0. The van der Waals surface area contributed by atoms with E-state index in [-0.39, 0.29) is 0 Å². The number of nitrogens with one attached hydrogen (secondary N) is 1. The van der Waals surface area contributed by atoms with Gasteiger partial charge in [-0.2, -0.15) is 0 Å². The van der Waals surface area contributed by atoms with E-state index in [9.17, 15) is 0 Å². The lowest BCUT2D eigenvalue weighted by atomic mass is 10.5. The predicted octanol–water partition coefficient (Wildman–Crippen LogP) is 3.64. The molecule has 0 spiro atoms. The molecule has 1 rings (SSSR count). The molecule has 0 aromatic heterocycles. The third-order valence-electron chi connectivity index (χ3n) is 1.18. The number of hydrazone groups is 1. The van der Waals surface area contributed by atoms with Gasteiger partial charge in [-0.25, -0.2) is 11.3 Å². The fraction of sp³-hybridized carbons (Fsp3) is 0. The molecule has 6 nitrogen and oxygen atoms in total. The highest BCUT2D eigenvalue weighted by Crippen LogP contribution is 2.22. The first kappa shape index (κ1) is 14.5. The third-order valence-corrected chi connectivity index (χ3v) is 3.27. The first-order valence-corrected chi connectivity index (χ1v) is 7.39. The summed E-state index contributed by atoms with van der Waals surface area (Å²) in [5, 5.41) is 5.58. The number of nitrogens with zero attached hydrogens (tertiary/aromatic N) is 5. The zero-order valence-electron chi connectivity index (χ0n) is 6.58. The lowest BCUT2D eigenvalue weighted by molar-refractivity contribution is 0.112. The van der Waals surface area contributed by atoms with Crippen LogP contribution in [0.15, 0.2) is 17.0 Å². The van der Waals surface area contributed by atoms with Gasteiger partial charge in [0, 0.05) is 6.08 Å². The standard InChI is InChI=1S/C3H2Br6N6/c4-12(5)2-1-3(13(6)7)11-15(10-2)14(8)9/h1,10H. The number of hydrogen-bond donors (Lipinski definition) is 1. The third kappa shape index (κ3) is 4.32. The molecule has 1 heterocycles. The largest absolute Gasteiger partial charge is 0.249 e. The van der Waals surface area contributed by atoms with Crippen LogP contribution in [-0.4, -0.2) is 20.0 Å². The van der Waals surface area contributed by atoms with Crippen molar-refractivity contribution in [2.45, 2.75) is 0 Å². The predicted molar refractivity (Wildman–Crippen MR) is 79.6 cm³/mol. The molecule has 15 heavy (non-hydrogen) atoms. The summed E-state index contributed by atoms with van der Waals surface area (Å²) >= 11 is 19.2. The van der Waals surface area contributed by atoms with Crippen LogP contribution in [0, 0.1) is 0 Å². The van der Waals surface area contributed by atoms with Crippen LogP contribution in [-0.2, 0) is 0 Å². The quantitative estimate of drug-likeness (QED) is 0.490. The van der Waals surface area contributed by atoms with Gasteiger partial charge in [0.15, 0.2) is 5.84 Å². The SMILES string of the molecule is BrN(Br)C1=CC(N(Br)Br)=NN(N(Br)Br)N1. The topological polar surface area (TPSA) is 37.4 Å². The Balaban J connectivity index is 2.92. The molecule has 0 saturated heterocycles. The fourth-order valence-electron chi connectivity index (χ4n) is 0.649. The Morgan fingerprint density at radius 3 is 2.07 bits per heavy atom. The Bertz CT molecular complexity index is 287. The minimum Gasteiger partial charge on any atom is -0.249 e. The second-order valence-corrected chi connectivity index (χ2v) is 9.11. The van der Waals surface area contributed by atoms with Crippen LogP contribution in [0.2, 0.25) is 0 Å². The maximum Gasteiger partial charge on any atom is 0.176 e. The minimum atomic E-state index is 0.622. The smallest absolute Gasteiger partial charge is 0.176 e. The Labute approximate surface area is 138 Å². The monoisotopic (exact) mass is 596 g/mol. The first-order valence-electron chi connectivity index (χ1n) is 3.14. The van der Waals surface area contributed by atoms with E-state index in [1.54, 1.807) is 9.03 Å². The first-order chi connectivity index (χ1) is 6.91. The molecule has 0 saturated carbocycles. The van der Waals surface area contributed by atoms with Crippen molar-refractivity contribution in [2.24, 2.45) is 5.10 Å². The van der Waals surface area contributed by atoms with Gasteiger partial charge < -0.3 is 0 Å². The van der Waals surface area contributed by atoms with Crippen molar-refractivity contribution >= 4 is 103 Å². The van der Waals surface area contributed by atoms with E-state index in [0.717, 1.165) is 0 Å². The van der Waals surface area contributed by atoms with E-state index in [4.69, 9.17) is 0 Å². The maximum atomic E-state index is 4.17. The van der Waals surface area contributed by atoms with Crippen molar-refractivity contribution in [3.63, 3.8) is 0 Å². The highest BCUT2D eigenvalue weighted by Gasteiger charge is 2.20. The summed E-state index contributed by atoms with van der Waals surface area (Å²) < 4.78 is 4.48. The van der Waals surface area contributed by atoms with Crippen molar-refractivity contribution in [2.75, 3.05) is 0 Å². The maximum absolute atomic E-state index is 4.17. The average Bonchev–Trinajstić information content (AvgIpc) is 2.16. The lowest BCUT2D eigenvalue weighted by Crippen LogP contribution is -2.43. The van der Waals surface area contributed by atoms with E-state index in [2.05, 4.69) is 107 Å². The molecule has 0 unspecified atom stereocenters. The summed E-state index contributed by atoms with van der Waals surface area (Å²) in [7, 11) is 0. The summed E-state index contributed by atoms with van der Waals surface area (Å²) in [6, 6.07) is 0. The summed E-state index contributed by atoms with van der Waals surface area (Å²) in [5.74, 6) is 1.34. The number of hydrogen-bond acceptors (Lipinski definition) is 6. The molecule has 0 atom stereocenters. The highest BCUT2D eigenvalue weighted by molar-refractivity contribution is 9.21. The van der Waals surface area contributed by atoms with Crippen molar-refractivity contribution in [1.29, 1.82) is 0 Å². The van der Waals surface area contributed by atoms with Crippen molar-refractivity contribution < 1.29 is 0 Å². The molecule has 0 aromatic carbocycles. The van der Waals surface area contributed by atoms with Gasteiger partial charge in [-0.3, -0.25) is 0 Å². The van der Waals surface area contributed by atoms with Crippen LogP contribution in [0.4, 0.5) is 0 Å². The zero-order chi connectivity index (χ0) is 11.6. The molecule has 86 valence electrons. The second-order valence-electron chi connectivity index (χ2n) is 2.07. The summed E-state index contributed by atoms with van der Waals surface area (Å²) in [6.45, 7) is 0. The van der Waals surface area contributed by atoms with E-state index >= 15 is 0 Å². The molecular weight excluding hydrogens is 599 g/mol. The molecule has 0 aromatic rings. The summed E-state index contributed by atoms with van der Waals surface area (Å²) in [6.07, 6.45) is 1.77. The molecule has 0 bridgehead atoms. The molecule has 12 heteroatoms. The van der Waals surface area contributed by atoms with Gasteiger partial charge in [0.25, 0.3) is 0 Å². The number of halogens is 6.